The molecule has 2 aliphatic rings. The van der Waals surface area contributed by atoms with E-state index in [9.17, 15) is 0 Å². The van der Waals surface area contributed by atoms with Crippen LogP contribution in [-0.2, 0) is 12.8 Å². The average molecular weight is 572 g/mol. The Morgan fingerprint density at radius 3 is 2.07 bits per heavy atom. The van der Waals surface area contributed by atoms with Crippen molar-refractivity contribution in [3.8, 4) is 0 Å². The maximum atomic E-state index is 4.20. The largest absolute Gasteiger partial charge is 0.311 e. The van der Waals surface area contributed by atoms with Crippen LogP contribution in [0.2, 0.25) is 0 Å². The Kier molecular flexibility index (Phi) is 7.56. The number of nitrogens with zero attached hydrogens (tertiary/aromatic N) is 1. The van der Waals surface area contributed by atoms with E-state index < -0.39 is 0 Å². The van der Waals surface area contributed by atoms with Gasteiger partial charge in [0.25, 0.3) is 0 Å². The number of aryl methyl sites for hydroxylation is 3. The maximum Gasteiger partial charge on any atom is 0.0464 e. The quantitative estimate of drug-likeness (QED) is 0.139. The van der Waals surface area contributed by atoms with E-state index in [0.29, 0.717) is 5.92 Å². The topological polar surface area (TPSA) is 3.24 Å². The fraction of sp³-hybridized carbons (Fsp3) is 0.209. The molecule has 0 heterocycles. The van der Waals surface area contributed by atoms with Crippen LogP contribution in [0.4, 0.5) is 5.69 Å². The van der Waals surface area contributed by atoms with Crippen molar-refractivity contribution in [1.82, 2.24) is 0 Å². The molecule has 0 bridgehead atoms. The second-order valence-electron chi connectivity index (χ2n) is 12.8. The van der Waals surface area contributed by atoms with Gasteiger partial charge in [0.1, 0.15) is 0 Å². The monoisotopic (exact) mass is 571 g/mol. The molecule has 0 aliphatic heterocycles. The van der Waals surface area contributed by atoms with Gasteiger partial charge in [-0.1, -0.05) is 85.0 Å². The van der Waals surface area contributed by atoms with Crippen molar-refractivity contribution in [1.29, 1.82) is 0 Å². The molecular formula is C43H41N. The zero-order valence-electron chi connectivity index (χ0n) is 26.2. The molecule has 2 aliphatic carbocycles. The van der Waals surface area contributed by atoms with E-state index in [1.54, 1.807) is 0 Å². The molecule has 0 fully saturated rings. The van der Waals surface area contributed by atoms with Crippen LogP contribution in [0.3, 0.4) is 0 Å². The first-order chi connectivity index (χ1) is 21.5. The van der Waals surface area contributed by atoms with E-state index in [1.165, 1.54) is 97.2 Å². The molecule has 0 amide bonds. The molecule has 1 nitrogen and oxygen atoms in total. The van der Waals surface area contributed by atoms with E-state index in [1.807, 2.05) is 6.08 Å². The van der Waals surface area contributed by atoms with Crippen LogP contribution in [0, 0.1) is 12.8 Å². The number of fused-ring (bicyclic) bond motifs is 1. The lowest BCUT2D eigenvalue weighted by Crippen LogP contribution is -2.22. The molecule has 218 valence electrons. The first kappa shape index (κ1) is 28.2. The van der Waals surface area contributed by atoms with Crippen LogP contribution in [0.1, 0.15) is 55.4 Å². The van der Waals surface area contributed by atoms with Gasteiger partial charge < -0.3 is 4.90 Å². The summed E-state index contributed by atoms with van der Waals surface area (Å²) >= 11 is 0. The first-order valence-electron chi connectivity index (χ1n) is 16.1. The highest BCUT2D eigenvalue weighted by atomic mass is 15.2. The van der Waals surface area contributed by atoms with Gasteiger partial charge in [-0.15, -0.1) is 0 Å². The van der Waals surface area contributed by atoms with Crippen LogP contribution in [0.15, 0.2) is 133 Å². The van der Waals surface area contributed by atoms with Gasteiger partial charge in [-0.2, -0.15) is 0 Å². The van der Waals surface area contributed by atoms with Crippen molar-refractivity contribution < 1.29 is 0 Å². The normalized spacial score (nSPS) is 16.9. The maximum absolute atomic E-state index is 4.20. The van der Waals surface area contributed by atoms with E-state index in [-0.39, 0.29) is 0 Å². The molecule has 1 atom stereocenters. The summed E-state index contributed by atoms with van der Waals surface area (Å²) in [4.78, 5) is 2.37. The van der Waals surface area contributed by atoms with Crippen molar-refractivity contribution in [3.05, 3.63) is 155 Å². The van der Waals surface area contributed by atoms with Crippen LogP contribution in [-0.4, -0.2) is 0 Å². The lowest BCUT2D eigenvalue weighted by atomic mass is 9.90. The van der Waals surface area contributed by atoms with Crippen LogP contribution in [0.5, 0.6) is 0 Å². The fourth-order valence-electron chi connectivity index (χ4n) is 7.07. The first-order valence-corrected chi connectivity index (χ1v) is 16.1. The second-order valence-corrected chi connectivity index (χ2v) is 12.8. The third-order valence-corrected chi connectivity index (χ3v) is 9.25. The van der Waals surface area contributed by atoms with Crippen molar-refractivity contribution in [3.63, 3.8) is 0 Å². The van der Waals surface area contributed by atoms with Crippen LogP contribution >= 0.6 is 0 Å². The minimum atomic E-state index is 0.354. The van der Waals surface area contributed by atoms with Gasteiger partial charge in [-0.25, -0.2) is 0 Å². The summed E-state index contributed by atoms with van der Waals surface area (Å²) in [5, 5.41) is 8.04. The average Bonchev–Trinajstić information content (AvgIpc) is 3.04. The Morgan fingerprint density at radius 2 is 1.45 bits per heavy atom. The number of hydrogen-bond acceptors (Lipinski definition) is 1. The summed E-state index contributed by atoms with van der Waals surface area (Å²) in [5.74, 6) is 0.354. The molecule has 0 N–H and O–H groups in total. The fourth-order valence-corrected chi connectivity index (χ4v) is 7.07. The number of rotatable bonds is 7. The number of benzene rings is 5. The van der Waals surface area contributed by atoms with Gasteiger partial charge in [0, 0.05) is 17.1 Å². The summed E-state index contributed by atoms with van der Waals surface area (Å²) in [6.45, 7) is 10.7. The van der Waals surface area contributed by atoms with E-state index in [0.717, 1.165) is 12.1 Å². The van der Waals surface area contributed by atoms with Gasteiger partial charge in [-0.05, 0) is 156 Å². The van der Waals surface area contributed by atoms with Gasteiger partial charge in [0.05, 0.1) is 0 Å². The zero-order chi connectivity index (χ0) is 30.2. The molecule has 5 aromatic carbocycles. The lowest BCUT2D eigenvalue weighted by molar-refractivity contribution is 0.685. The predicted molar refractivity (Wildman–Crippen MR) is 193 cm³/mol. The molecule has 0 saturated heterocycles. The number of anilines is 1. The summed E-state index contributed by atoms with van der Waals surface area (Å²) in [6, 6.07) is 25.4. The molecule has 1 heteroatoms. The third kappa shape index (κ3) is 5.44. The minimum absolute atomic E-state index is 0.354. The Bertz CT molecular complexity index is 1970. The van der Waals surface area contributed by atoms with Crippen molar-refractivity contribution in [2.45, 2.75) is 52.9 Å². The van der Waals surface area contributed by atoms with Crippen molar-refractivity contribution in [2.24, 2.45) is 5.92 Å². The predicted octanol–water partition coefficient (Wildman–Crippen LogP) is 11.8. The molecule has 0 saturated carbocycles. The molecular weight excluding hydrogens is 530 g/mol. The third-order valence-electron chi connectivity index (χ3n) is 9.25. The zero-order valence-corrected chi connectivity index (χ0v) is 26.2. The Balaban J connectivity index is 1.17. The summed E-state index contributed by atoms with van der Waals surface area (Å²) in [7, 11) is 0. The highest BCUT2D eigenvalue weighted by molar-refractivity contribution is 6.23. The molecule has 0 radical (unpaired) electrons. The second kappa shape index (κ2) is 11.8. The lowest BCUT2D eigenvalue weighted by Gasteiger charge is -2.30. The Morgan fingerprint density at radius 1 is 0.795 bits per heavy atom. The molecule has 1 unspecified atom stereocenters. The highest BCUT2D eigenvalue weighted by Gasteiger charge is 2.19. The van der Waals surface area contributed by atoms with Crippen LogP contribution in [0.25, 0.3) is 38.4 Å². The SMILES string of the molecule is C=C/C(=C\C=C(C)C)N(C1=CCC(C=Cc2cc3ccc4cc(C)cc5ccc(c2)c3c45)C=C1)c1ccc2c(c1)CCCC2. The standard InChI is InChI=1S/C43H41N/c1-5-39(20-10-29(2)3)44(41-23-19-33-8-6-7-9-34(33)28-41)40-21-13-31(14-22-40)11-12-32-26-37-17-15-35-24-30(4)25-36-16-18-38(27-32)43(37)42(35)36/h5,10-13,15-28,31H,1,6-9,14H2,2-4H3/b12-11?,39-20+. The minimum Gasteiger partial charge on any atom is -0.311 e. The molecule has 5 aromatic rings. The summed E-state index contributed by atoms with van der Waals surface area (Å²) < 4.78 is 0. The van der Waals surface area contributed by atoms with Gasteiger partial charge in [-0.3, -0.25) is 0 Å². The Labute approximate surface area is 262 Å². The molecule has 44 heavy (non-hydrogen) atoms. The van der Waals surface area contributed by atoms with Gasteiger partial charge in [0.2, 0.25) is 0 Å². The number of allylic oxidation sites excluding steroid dienone is 8. The summed E-state index contributed by atoms with van der Waals surface area (Å²) in [6.07, 6.45) is 23.9. The summed E-state index contributed by atoms with van der Waals surface area (Å²) in [5.41, 5.74) is 10.4. The van der Waals surface area contributed by atoms with Gasteiger partial charge >= 0.3 is 0 Å². The van der Waals surface area contributed by atoms with Crippen molar-refractivity contribution >= 4 is 44.1 Å². The van der Waals surface area contributed by atoms with Gasteiger partial charge in [0.15, 0.2) is 0 Å². The van der Waals surface area contributed by atoms with Crippen LogP contribution < -0.4 is 4.90 Å². The highest BCUT2D eigenvalue weighted by Crippen LogP contribution is 2.37. The molecule has 7 rings (SSSR count). The molecule has 0 aromatic heterocycles. The van der Waals surface area contributed by atoms with E-state index in [4.69, 9.17) is 0 Å². The Hall–Kier alpha value is -4.62. The van der Waals surface area contributed by atoms with Crippen molar-refractivity contribution in [2.75, 3.05) is 4.90 Å². The number of hydrogen-bond donors (Lipinski definition) is 0. The van der Waals surface area contributed by atoms with E-state index >= 15 is 0 Å². The molecule has 0 spiro atoms. The van der Waals surface area contributed by atoms with E-state index in [2.05, 4.69) is 142 Å². The smallest absolute Gasteiger partial charge is 0.0464 e.